The molecule has 0 saturated carbocycles. The number of sulfonamides is 1. The molecule has 1 N–H and O–H groups in total. The third-order valence-corrected chi connectivity index (χ3v) is 4.55. The number of para-hydroxylation sites is 1. The van der Waals surface area contributed by atoms with Crippen LogP contribution in [-0.4, -0.2) is 27.1 Å². The van der Waals surface area contributed by atoms with Crippen LogP contribution >= 0.6 is 0 Å². The van der Waals surface area contributed by atoms with Crippen LogP contribution in [0.15, 0.2) is 36.4 Å². The molecule has 0 aromatic heterocycles. The van der Waals surface area contributed by atoms with Crippen LogP contribution in [0.3, 0.4) is 0 Å². The van der Waals surface area contributed by atoms with Crippen molar-refractivity contribution < 1.29 is 30.8 Å². The first-order valence-corrected chi connectivity index (χ1v) is 9.11. The quantitative estimate of drug-likeness (QED) is 0.609. The van der Waals surface area contributed by atoms with E-state index in [4.69, 9.17) is 0 Å². The van der Waals surface area contributed by atoms with E-state index in [1.807, 2.05) is 5.32 Å². The van der Waals surface area contributed by atoms with E-state index in [-0.39, 0.29) is 5.69 Å². The van der Waals surface area contributed by atoms with Crippen molar-refractivity contribution in [3.8, 4) is 0 Å². The van der Waals surface area contributed by atoms with E-state index in [0.29, 0.717) is 10.4 Å². The molecule has 0 fully saturated rings. The Bertz CT molecular complexity index is 935. The Morgan fingerprint density at radius 3 is 2.27 bits per heavy atom. The van der Waals surface area contributed by atoms with Gasteiger partial charge in [0.1, 0.15) is 5.82 Å². The van der Waals surface area contributed by atoms with Gasteiger partial charge in [0.15, 0.2) is 17.5 Å². The first kappa shape index (κ1) is 19.7. The van der Waals surface area contributed by atoms with Crippen molar-refractivity contribution in [1.82, 2.24) is 0 Å². The number of nitrogens with zero attached hydrogens (tertiary/aromatic N) is 1. The van der Waals surface area contributed by atoms with E-state index in [9.17, 15) is 30.8 Å². The van der Waals surface area contributed by atoms with Crippen molar-refractivity contribution in [2.75, 3.05) is 22.4 Å². The van der Waals surface area contributed by atoms with Gasteiger partial charge in [0, 0.05) is 13.0 Å². The average Bonchev–Trinajstić information content (AvgIpc) is 2.56. The van der Waals surface area contributed by atoms with Gasteiger partial charge in [-0.15, -0.1) is 0 Å². The lowest BCUT2D eigenvalue weighted by Crippen LogP contribution is -2.33. The molecule has 0 aliphatic carbocycles. The number of hydrogen-bond acceptors (Lipinski definition) is 3. The van der Waals surface area contributed by atoms with Crippen LogP contribution in [0.2, 0.25) is 0 Å². The Morgan fingerprint density at radius 1 is 1.00 bits per heavy atom. The molecule has 0 aliphatic heterocycles. The van der Waals surface area contributed by atoms with Crippen molar-refractivity contribution >= 4 is 27.3 Å². The van der Waals surface area contributed by atoms with Crippen LogP contribution in [0.25, 0.3) is 0 Å². The van der Waals surface area contributed by atoms with Crippen LogP contribution in [0, 0.1) is 23.3 Å². The lowest BCUT2D eigenvalue weighted by atomic mass is 10.2. The second-order valence-corrected chi connectivity index (χ2v) is 7.21. The van der Waals surface area contributed by atoms with E-state index in [0.717, 1.165) is 18.4 Å². The van der Waals surface area contributed by atoms with Gasteiger partial charge in [0.05, 0.1) is 17.6 Å². The fraction of sp³-hybridized carbons (Fsp3) is 0.188. The molecule has 1 amide bonds. The molecule has 0 heterocycles. The van der Waals surface area contributed by atoms with Crippen LogP contribution in [0.4, 0.5) is 28.9 Å². The number of carbonyl (C=O) groups is 1. The van der Waals surface area contributed by atoms with Crippen molar-refractivity contribution in [2.24, 2.45) is 0 Å². The number of nitrogens with one attached hydrogen (secondary N) is 1. The third kappa shape index (κ3) is 4.51. The summed E-state index contributed by atoms with van der Waals surface area (Å²) in [4.78, 5) is 11.9. The number of rotatable bonds is 6. The maximum absolute atomic E-state index is 13.8. The predicted molar refractivity (Wildman–Crippen MR) is 88.2 cm³/mol. The van der Waals surface area contributed by atoms with Crippen molar-refractivity contribution in [3.05, 3.63) is 59.7 Å². The van der Waals surface area contributed by atoms with Gasteiger partial charge < -0.3 is 5.32 Å². The number of hydrogen-bond donors (Lipinski definition) is 1. The van der Waals surface area contributed by atoms with E-state index in [2.05, 4.69) is 0 Å². The molecular weight excluding hydrogens is 376 g/mol. The molecule has 140 valence electrons. The summed E-state index contributed by atoms with van der Waals surface area (Å²) in [6, 6.07) is 6.55. The second-order valence-electron chi connectivity index (χ2n) is 5.31. The summed E-state index contributed by atoms with van der Waals surface area (Å²) in [7, 11) is -3.90. The van der Waals surface area contributed by atoms with Crippen LogP contribution < -0.4 is 9.62 Å². The van der Waals surface area contributed by atoms with Gasteiger partial charge >= 0.3 is 0 Å². The lowest BCUT2D eigenvalue weighted by molar-refractivity contribution is -0.116. The van der Waals surface area contributed by atoms with Gasteiger partial charge in [-0.2, -0.15) is 0 Å². The van der Waals surface area contributed by atoms with Gasteiger partial charge in [0.25, 0.3) is 0 Å². The second kappa shape index (κ2) is 7.73. The minimum atomic E-state index is -3.90. The SMILES string of the molecule is CS(=O)(=O)N(CCC(=O)Nc1ccc(F)c(F)c1F)c1ccccc1F. The fourth-order valence-electron chi connectivity index (χ4n) is 2.16. The topological polar surface area (TPSA) is 66.5 Å². The summed E-state index contributed by atoms with van der Waals surface area (Å²) in [5, 5.41) is 2.02. The number of amides is 1. The third-order valence-electron chi connectivity index (χ3n) is 3.37. The molecule has 0 aliphatic rings. The minimum Gasteiger partial charge on any atom is -0.323 e. The molecule has 0 atom stereocenters. The largest absolute Gasteiger partial charge is 0.323 e. The van der Waals surface area contributed by atoms with Crippen LogP contribution in [0.1, 0.15) is 6.42 Å². The maximum atomic E-state index is 13.8. The lowest BCUT2D eigenvalue weighted by Gasteiger charge is -2.22. The predicted octanol–water partition coefficient (Wildman–Crippen LogP) is 3.04. The molecule has 0 spiro atoms. The zero-order chi connectivity index (χ0) is 19.5. The van der Waals surface area contributed by atoms with E-state index in [1.54, 1.807) is 0 Å². The highest BCUT2D eigenvalue weighted by molar-refractivity contribution is 7.92. The van der Waals surface area contributed by atoms with Gasteiger partial charge in [-0.1, -0.05) is 12.1 Å². The number of anilines is 2. The van der Waals surface area contributed by atoms with E-state index in [1.165, 1.54) is 18.2 Å². The fourth-order valence-corrected chi connectivity index (χ4v) is 3.09. The van der Waals surface area contributed by atoms with Crippen molar-refractivity contribution in [3.63, 3.8) is 0 Å². The molecule has 2 rings (SSSR count). The standard InChI is InChI=1S/C16H14F4N2O3S/c1-26(24,25)22(13-5-3-2-4-10(13)17)9-8-14(23)21-12-7-6-11(18)15(19)16(12)20/h2-7H,8-9H2,1H3,(H,21,23). The summed E-state index contributed by atoms with van der Waals surface area (Å²) < 4.78 is 77.8. The summed E-state index contributed by atoms with van der Waals surface area (Å²) in [6.07, 6.45) is 0.367. The Hall–Kier alpha value is -2.62. The Labute approximate surface area is 147 Å². The first-order chi connectivity index (χ1) is 12.1. The maximum Gasteiger partial charge on any atom is 0.232 e. The van der Waals surface area contributed by atoms with Gasteiger partial charge in [-0.25, -0.2) is 26.0 Å². The summed E-state index contributed by atoms with van der Waals surface area (Å²) in [5.74, 6) is -6.40. The van der Waals surface area contributed by atoms with E-state index >= 15 is 0 Å². The smallest absolute Gasteiger partial charge is 0.232 e. The number of halogens is 4. The van der Waals surface area contributed by atoms with Gasteiger partial charge in [-0.3, -0.25) is 9.10 Å². The highest BCUT2D eigenvalue weighted by Gasteiger charge is 2.22. The highest BCUT2D eigenvalue weighted by atomic mass is 32.2. The van der Waals surface area contributed by atoms with Gasteiger partial charge in [0.2, 0.25) is 15.9 Å². The summed E-state index contributed by atoms with van der Waals surface area (Å²) in [5.41, 5.74) is -0.840. The molecule has 10 heteroatoms. The van der Waals surface area contributed by atoms with E-state index < -0.39 is 57.9 Å². The van der Waals surface area contributed by atoms with Crippen molar-refractivity contribution in [2.45, 2.75) is 6.42 Å². The molecule has 2 aromatic rings. The van der Waals surface area contributed by atoms with Crippen LogP contribution in [0.5, 0.6) is 0 Å². The zero-order valence-corrected chi connectivity index (χ0v) is 14.3. The zero-order valence-electron chi connectivity index (χ0n) is 13.5. The summed E-state index contributed by atoms with van der Waals surface area (Å²) in [6.45, 7) is -0.434. The monoisotopic (exact) mass is 390 g/mol. The Morgan fingerprint density at radius 2 is 1.65 bits per heavy atom. The minimum absolute atomic E-state index is 0.248. The normalized spacial score (nSPS) is 11.3. The van der Waals surface area contributed by atoms with Crippen LogP contribution in [-0.2, 0) is 14.8 Å². The Kier molecular flexibility index (Phi) is 5.86. The number of carbonyl (C=O) groups excluding carboxylic acids is 1. The number of benzene rings is 2. The molecule has 2 aromatic carbocycles. The average molecular weight is 390 g/mol. The first-order valence-electron chi connectivity index (χ1n) is 7.27. The molecule has 0 unspecified atom stereocenters. The van der Waals surface area contributed by atoms with Crippen molar-refractivity contribution in [1.29, 1.82) is 0 Å². The molecule has 26 heavy (non-hydrogen) atoms. The summed E-state index contributed by atoms with van der Waals surface area (Å²) >= 11 is 0. The molecule has 0 bridgehead atoms. The molecular formula is C16H14F4N2O3S. The molecule has 0 radical (unpaired) electrons. The Balaban J connectivity index is 2.14. The van der Waals surface area contributed by atoms with Gasteiger partial charge in [-0.05, 0) is 24.3 Å². The molecule has 5 nitrogen and oxygen atoms in total. The highest BCUT2D eigenvalue weighted by Crippen LogP contribution is 2.22. The molecule has 0 saturated heterocycles.